The Balaban J connectivity index is 1.69. The average molecular weight is 422 g/mol. The van der Waals surface area contributed by atoms with Crippen molar-refractivity contribution in [1.29, 1.82) is 0 Å². The molecule has 0 saturated carbocycles. The van der Waals surface area contributed by atoms with Crippen molar-refractivity contribution in [3.63, 3.8) is 0 Å². The molecule has 1 unspecified atom stereocenters. The molecule has 160 valence electrons. The normalized spacial score (nSPS) is 16.2. The predicted octanol–water partition coefficient (Wildman–Crippen LogP) is 4.11. The number of carbonyl (C=O) groups is 1. The maximum atomic E-state index is 12.2. The second kappa shape index (κ2) is 8.95. The number of rotatable bonds is 6. The van der Waals surface area contributed by atoms with Gasteiger partial charge in [0.15, 0.2) is 0 Å². The van der Waals surface area contributed by atoms with E-state index in [9.17, 15) is 14.9 Å². The molecule has 1 fully saturated rings. The summed E-state index contributed by atoms with van der Waals surface area (Å²) in [7, 11) is 0. The summed E-state index contributed by atoms with van der Waals surface area (Å²) in [4.78, 5) is 33.6. The number of anilines is 1. The van der Waals surface area contributed by atoms with Gasteiger partial charge in [-0.05, 0) is 31.2 Å². The Morgan fingerprint density at radius 1 is 1.23 bits per heavy atom. The topological polar surface area (TPSA) is 108 Å². The fraction of sp³-hybridized carbons (Fsp3) is 0.318. The SMILES string of the molecule is CCOC(=O)C1CCCN(c2ncnc(Oc3cccc4ccccc34)c2[N+](=O)[O-])C1. The molecule has 1 aromatic heterocycles. The van der Waals surface area contributed by atoms with Gasteiger partial charge in [0.2, 0.25) is 5.82 Å². The number of fused-ring (bicyclic) bond motifs is 1. The molecule has 1 aliphatic heterocycles. The first-order valence-corrected chi connectivity index (χ1v) is 10.1. The van der Waals surface area contributed by atoms with Gasteiger partial charge in [-0.2, -0.15) is 4.98 Å². The van der Waals surface area contributed by atoms with E-state index in [0.717, 1.165) is 10.8 Å². The van der Waals surface area contributed by atoms with Crippen LogP contribution >= 0.6 is 0 Å². The number of aromatic nitrogens is 2. The zero-order chi connectivity index (χ0) is 21.8. The van der Waals surface area contributed by atoms with E-state index < -0.39 is 4.92 Å². The number of nitro groups is 1. The standard InChI is InChI=1S/C22H22N4O5/c1-2-30-22(27)16-9-6-12-25(13-16)20-19(26(28)29)21(24-14-23-20)31-18-11-5-8-15-7-3-4-10-17(15)18/h3-5,7-8,10-11,14,16H,2,6,9,12-13H2,1H3. The summed E-state index contributed by atoms with van der Waals surface area (Å²) in [5.74, 6) is -0.176. The molecule has 1 atom stereocenters. The van der Waals surface area contributed by atoms with Gasteiger partial charge in [-0.15, -0.1) is 0 Å². The second-order valence-corrected chi connectivity index (χ2v) is 7.22. The van der Waals surface area contributed by atoms with Crippen LogP contribution in [0.1, 0.15) is 19.8 Å². The van der Waals surface area contributed by atoms with Crippen LogP contribution in [-0.2, 0) is 9.53 Å². The van der Waals surface area contributed by atoms with Crippen molar-refractivity contribution in [3.05, 3.63) is 58.9 Å². The van der Waals surface area contributed by atoms with Gasteiger partial charge in [0, 0.05) is 18.5 Å². The van der Waals surface area contributed by atoms with Gasteiger partial charge in [-0.1, -0.05) is 36.4 Å². The summed E-state index contributed by atoms with van der Waals surface area (Å²) >= 11 is 0. The van der Waals surface area contributed by atoms with E-state index >= 15 is 0 Å². The molecule has 0 radical (unpaired) electrons. The molecule has 2 aromatic carbocycles. The summed E-state index contributed by atoms with van der Waals surface area (Å²) in [6.45, 7) is 2.89. The Hall–Kier alpha value is -3.75. The van der Waals surface area contributed by atoms with Gasteiger partial charge in [0.25, 0.3) is 0 Å². The minimum absolute atomic E-state index is 0.135. The maximum absolute atomic E-state index is 12.2. The van der Waals surface area contributed by atoms with Crippen LogP contribution in [0.5, 0.6) is 11.6 Å². The molecule has 9 heteroatoms. The third-order valence-electron chi connectivity index (χ3n) is 5.25. The lowest BCUT2D eigenvalue weighted by Crippen LogP contribution is -2.40. The Morgan fingerprint density at radius 2 is 2.03 bits per heavy atom. The van der Waals surface area contributed by atoms with Crippen molar-refractivity contribution in [2.24, 2.45) is 5.92 Å². The Bertz CT molecular complexity index is 1110. The third-order valence-corrected chi connectivity index (χ3v) is 5.25. The molecule has 9 nitrogen and oxygen atoms in total. The first-order valence-electron chi connectivity index (χ1n) is 10.1. The Morgan fingerprint density at radius 3 is 2.84 bits per heavy atom. The highest BCUT2D eigenvalue weighted by Gasteiger charge is 2.34. The highest BCUT2D eigenvalue weighted by molar-refractivity contribution is 5.88. The van der Waals surface area contributed by atoms with Crippen LogP contribution in [0.4, 0.5) is 11.5 Å². The van der Waals surface area contributed by atoms with E-state index in [4.69, 9.17) is 9.47 Å². The molecule has 3 aromatic rings. The van der Waals surface area contributed by atoms with Gasteiger partial charge in [0.1, 0.15) is 12.1 Å². The van der Waals surface area contributed by atoms with Crippen molar-refractivity contribution < 1.29 is 19.2 Å². The van der Waals surface area contributed by atoms with Gasteiger partial charge in [-0.25, -0.2) is 4.98 Å². The molecule has 1 saturated heterocycles. The highest BCUT2D eigenvalue weighted by atomic mass is 16.6. The number of hydrogen-bond donors (Lipinski definition) is 0. The number of benzene rings is 2. The fourth-order valence-electron chi connectivity index (χ4n) is 3.83. The zero-order valence-corrected chi connectivity index (χ0v) is 17.1. The first kappa shape index (κ1) is 20.5. The predicted molar refractivity (Wildman–Crippen MR) is 114 cm³/mol. The molecule has 4 rings (SSSR count). The third kappa shape index (κ3) is 4.25. The molecule has 0 amide bonds. The Kier molecular flexibility index (Phi) is 5.92. The minimum Gasteiger partial charge on any atom is -0.466 e. The van der Waals surface area contributed by atoms with E-state index in [1.165, 1.54) is 6.33 Å². The summed E-state index contributed by atoms with van der Waals surface area (Å²) in [5.41, 5.74) is -0.319. The van der Waals surface area contributed by atoms with E-state index in [2.05, 4.69) is 9.97 Å². The van der Waals surface area contributed by atoms with Crippen molar-refractivity contribution in [3.8, 4) is 11.6 Å². The molecule has 1 aliphatic rings. The molecule has 31 heavy (non-hydrogen) atoms. The van der Waals surface area contributed by atoms with Gasteiger partial charge in [-0.3, -0.25) is 14.9 Å². The van der Waals surface area contributed by atoms with Crippen LogP contribution in [0.3, 0.4) is 0 Å². The van der Waals surface area contributed by atoms with Crippen LogP contribution in [0.15, 0.2) is 48.8 Å². The van der Waals surface area contributed by atoms with E-state index in [-0.39, 0.29) is 29.3 Å². The van der Waals surface area contributed by atoms with Gasteiger partial charge >= 0.3 is 17.5 Å². The smallest absolute Gasteiger partial charge is 0.373 e. The lowest BCUT2D eigenvalue weighted by Gasteiger charge is -2.31. The number of carbonyl (C=O) groups excluding carboxylic acids is 1. The van der Waals surface area contributed by atoms with Crippen LogP contribution < -0.4 is 9.64 Å². The van der Waals surface area contributed by atoms with Crippen LogP contribution in [0.25, 0.3) is 10.8 Å². The van der Waals surface area contributed by atoms with Crippen LogP contribution in [0, 0.1) is 16.0 Å². The maximum Gasteiger partial charge on any atom is 0.373 e. The van der Waals surface area contributed by atoms with E-state index in [1.807, 2.05) is 36.4 Å². The Labute approximate surface area is 178 Å². The number of hydrogen-bond acceptors (Lipinski definition) is 8. The molecule has 0 spiro atoms. The van der Waals surface area contributed by atoms with Crippen LogP contribution in [0.2, 0.25) is 0 Å². The summed E-state index contributed by atoms with van der Waals surface area (Å²) in [6.07, 6.45) is 2.62. The first-order chi connectivity index (χ1) is 15.1. The fourth-order valence-corrected chi connectivity index (χ4v) is 3.83. The van der Waals surface area contributed by atoms with E-state index in [1.54, 1.807) is 17.9 Å². The average Bonchev–Trinajstić information content (AvgIpc) is 2.79. The van der Waals surface area contributed by atoms with Gasteiger partial charge in [0.05, 0.1) is 17.4 Å². The molecule has 0 N–H and O–H groups in total. The number of piperidine rings is 1. The molecular weight excluding hydrogens is 400 g/mol. The van der Waals surface area contributed by atoms with Crippen molar-refractivity contribution in [2.75, 3.05) is 24.6 Å². The van der Waals surface area contributed by atoms with Crippen molar-refractivity contribution in [1.82, 2.24) is 9.97 Å². The lowest BCUT2D eigenvalue weighted by molar-refractivity contribution is -0.385. The molecule has 0 bridgehead atoms. The molecular formula is C22H22N4O5. The van der Waals surface area contributed by atoms with Crippen molar-refractivity contribution >= 4 is 28.2 Å². The molecule has 0 aliphatic carbocycles. The van der Waals surface area contributed by atoms with Crippen molar-refractivity contribution in [2.45, 2.75) is 19.8 Å². The quantitative estimate of drug-likeness (QED) is 0.332. The summed E-state index contributed by atoms with van der Waals surface area (Å²) in [6, 6.07) is 13.1. The second-order valence-electron chi connectivity index (χ2n) is 7.22. The minimum atomic E-state index is -0.538. The number of nitrogens with zero attached hydrogens (tertiary/aromatic N) is 4. The molecule has 2 heterocycles. The number of ether oxygens (including phenoxy) is 2. The highest BCUT2D eigenvalue weighted by Crippen LogP contribution is 2.39. The summed E-state index contributed by atoms with van der Waals surface area (Å²) in [5, 5.41) is 13.8. The zero-order valence-electron chi connectivity index (χ0n) is 17.1. The summed E-state index contributed by atoms with van der Waals surface area (Å²) < 4.78 is 11.0. The van der Waals surface area contributed by atoms with E-state index in [0.29, 0.717) is 38.3 Å². The monoisotopic (exact) mass is 422 g/mol. The van der Waals surface area contributed by atoms with Crippen LogP contribution in [-0.4, -0.2) is 40.6 Å². The largest absolute Gasteiger partial charge is 0.466 e. The number of esters is 1. The van der Waals surface area contributed by atoms with Gasteiger partial charge < -0.3 is 14.4 Å². The lowest BCUT2D eigenvalue weighted by atomic mass is 9.98.